The molecule has 5 heteroatoms. The van der Waals surface area contributed by atoms with Crippen LogP contribution in [0.4, 0.5) is 0 Å². The third kappa shape index (κ3) is 2.98. The quantitative estimate of drug-likeness (QED) is 0.910. The lowest BCUT2D eigenvalue weighted by Crippen LogP contribution is -2.41. The van der Waals surface area contributed by atoms with Crippen molar-refractivity contribution in [3.05, 3.63) is 34.3 Å². The van der Waals surface area contributed by atoms with E-state index in [1.54, 1.807) is 0 Å². The summed E-state index contributed by atoms with van der Waals surface area (Å²) in [5.74, 6) is -1.17. The molecule has 1 saturated carbocycles. The predicted octanol–water partition coefficient (Wildman–Crippen LogP) is 3.12. The number of rotatable bonds is 2. The Kier molecular flexibility index (Phi) is 4.39. The third-order valence-electron chi connectivity index (χ3n) is 4.89. The molecule has 2 aliphatic rings. The molecular formula is C17H20ClNO3. The number of nitrogens with zero attached hydrogens (tertiary/aromatic N) is 1. The number of carboxylic acid groups (broad SMARTS) is 1. The average Bonchev–Trinajstić information content (AvgIpc) is 2.54. The molecule has 0 radical (unpaired) electrons. The molecule has 0 bridgehead atoms. The Labute approximate surface area is 135 Å². The zero-order chi connectivity index (χ0) is 15.7. The van der Waals surface area contributed by atoms with E-state index in [-0.39, 0.29) is 17.7 Å². The van der Waals surface area contributed by atoms with Crippen LogP contribution in [0.5, 0.6) is 0 Å². The molecule has 118 valence electrons. The van der Waals surface area contributed by atoms with Crippen LogP contribution in [0, 0.1) is 11.8 Å². The van der Waals surface area contributed by atoms with Crippen LogP contribution in [0.25, 0.3) is 0 Å². The zero-order valence-electron chi connectivity index (χ0n) is 12.4. The normalized spacial score (nSPS) is 24.7. The van der Waals surface area contributed by atoms with Gasteiger partial charge in [-0.15, -0.1) is 0 Å². The lowest BCUT2D eigenvalue weighted by atomic mass is 9.80. The molecule has 22 heavy (non-hydrogen) atoms. The Hall–Kier alpha value is -1.55. The van der Waals surface area contributed by atoms with E-state index >= 15 is 0 Å². The summed E-state index contributed by atoms with van der Waals surface area (Å²) in [5, 5.41) is 9.94. The highest BCUT2D eigenvalue weighted by atomic mass is 35.5. The molecule has 2 unspecified atom stereocenters. The van der Waals surface area contributed by atoms with Gasteiger partial charge in [0.1, 0.15) is 0 Å². The Morgan fingerprint density at radius 3 is 2.77 bits per heavy atom. The molecule has 1 aromatic rings. The molecule has 2 atom stereocenters. The second kappa shape index (κ2) is 6.29. The fourth-order valence-electron chi connectivity index (χ4n) is 3.65. The third-order valence-corrected chi connectivity index (χ3v) is 5.25. The number of amides is 1. The zero-order valence-corrected chi connectivity index (χ0v) is 13.2. The Morgan fingerprint density at radius 2 is 2.00 bits per heavy atom. The summed E-state index contributed by atoms with van der Waals surface area (Å²) < 4.78 is 0. The summed E-state index contributed by atoms with van der Waals surface area (Å²) in [5.41, 5.74) is 2.25. The maximum absolute atomic E-state index is 12.7. The molecule has 1 aromatic carbocycles. The molecule has 0 saturated heterocycles. The molecule has 3 rings (SSSR count). The van der Waals surface area contributed by atoms with E-state index in [1.807, 2.05) is 23.1 Å². The Balaban J connectivity index is 1.70. The van der Waals surface area contributed by atoms with Crippen molar-refractivity contribution in [3.63, 3.8) is 0 Å². The van der Waals surface area contributed by atoms with Gasteiger partial charge in [0, 0.05) is 24.0 Å². The van der Waals surface area contributed by atoms with Crippen molar-refractivity contribution in [2.45, 2.75) is 38.6 Å². The minimum Gasteiger partial charge on any atom is -0.481 e. The summed E-state index contributed by atoms with van der Waals surface area (Å²) in [4.78, 5) is 25.7. The van der Waals surface area contributed by atoms with Crippen molar-refractivity contribution < 1.29 is 14.7 Å². The Bertz CT molecular complexity index is 602. The van der Waals surface area contributed by atoms with Crippen molar-refractivity contribution in [1.82, 2.24) is 4.90 Å². The van der Waals surface area contributed by atoms with Crippen LogP contribution in [0.3, 0.4) is 0 Å². The Morgan fingerprint density at radius 1 is 1.23 bits per heavy atom. The molecule has 1 amide bonds. The minimum atomic E-state index is -0.770. The van der Waals surface area contributed by atoms with Gasteiger partial charge >= 0.3 is 5.97 Å². The highest BCUT2D eigenvalue weighted by molar-refractivity contribution is 6.31. The van der Waals surface area contributed by atoms with Crippen LogP contribution in [0.2, 0.25) is 5.02 Å². The first-order valence-electron chi connectivity index (χ1n) is 7.84. The highest BCUT2D eigenvalue weighted by Crippen LogP contribution is 2.32. The number of benzene rings is 1. The lowest BCUT2D eigenvalue weighted by Gasteiger charge is -2.34. The minimum absolute atomic E-state index is 0.108. The van der Waals surface area contributed by atoms with E-state index in [2.05, 4.69) is 0 Å². The van der Waals surface area contributed by atoms with Gasteiger partial charge in [-0.05, 0) is 42.9 Å². The van der Waals surface area contributed by atoms with E-state index in [1.165, 1.54) is 0 Å². The number of fused-ring (bicyclic) bond motifs is 1. The predicted molar refractivity (Wildman–Crippen MR) is 83.7 cm³/mol. The fraction of sp³-hybridized carbons (Fsp3) is 0.529. The van der Waals surface area contributed by atoms with Crippen molar-refractivity contribution in [2.24, 2.45) is 11.8 Å². The lowest BCUT2D eigenvalue weighted by molar-refractivity contribution is -0.145. The van der Waals surface area contributed by atoms with Crippen LogP contribution in [-0.2, 0) is 22.6 Å². The second-order valence-electron chi connectivity index (χ2n) is 6.29. The van der Waals surface area contributed by atoms with Gasteiger partial charge in [0.2, 0.25) is 5.91 Å². The summed E-state index contributed by atoms with van der Waals surface area (Å²) in [6, 6.07) is 5.81. The van der Waals surface area contributed by atoms with E-state index in [0.29, 0.717) is 25.9 Å². The van der Waals surface area contributed by atoms with Gasteiger partial charge in [-0.2, -0.15) is 0 Å². The number of carboxylic acids is 1. The van der Waals surface area contributed by atoms with Crippen LogP contribution in [0.15, 0.2) is 18.2 Å². The van der Waals surface area contributed by atoms with E-state index in [0.717, 1.165) is 35.4 Å². The number of hydrogen-bond acceptors (Lipinski definition) is 2. The topological polar surface area (TPSA) is 57.6 Å². The van der Waals surface area contributed by atoms with Crippen molar-refractivity contribution in [1.29, 1.82) is 0 Å². The van der Waals surface area contributed by atoms with Crippen LogP contribution < -0.4 is 0 Å². The molecule has 1 aliphatic heterocycles. The molecule has 0 spiro atoms. The van der Waals surface area contributed by atoms with E-state index < -0.39 is 5.97 Å². The number of hydrogen-bond donors (Lipinski definition) is 1. The molecule has 1 fully saturated rings. The van der Waals surface area contributed by atoms with Gasteiger partial charge in [-0.1, -0.05) is 30.2 Å². The van der Waals surface area contributed by atoms with Crippen LogP contribution in [-0.4, -0.2) is 28.4 Å². The number of aliphatic carboxylic acids is 1. The van der Waals surface area contributed by atoms with E-state index in [9.17, 15) is 9.59 Å². The van der Waals surface area contributed by atoms with Gasteiger partial charge in [-0.3, -0.25) is 9.59 Å². The smallest absolute Gasteiger partial charge is 0.306 e. The van der Waals surface area contributed by atoms with Gasteiger partial charge in [-0.25, -0.2) is 0 Å². The van der Waals surface area contributed by atoms with Gasteiger partial charge in [0.25, 0.3) is 0 Å². The maximum Gasteiger partial charge on any atom is 0.306 e. The largest absolute Gasteiger partial charge is 0.481 e. The monoisotopic (exact) mass is 321 g/mol. The number of carbonyl (C=O) groups is 2. The number of carbonyl (C=O) groups excluding carboxylic acids is 1. The molecule has 4 nitrogen and oxygen atoms in total. The molecule has 0 aromatic heterocycles. The van der Waals surface area contributed by atoms with Crippen molar-refractivity contribution in [2.75, 3.05) is 6.54 Å². The van der Waals surface area contributed by atoms with Crippen LogP contribution >= 0.6 is 11.6 Å². The fourth-order valence-corrected chi connectivity index (χ4v) is 3.94. The van der Waals surface area contributed by atoms with Gasteiger partial charge in [0.05, 0.1) is 5.92 Å². The molecule has 1 heterocycles. The highest BCUT2D eigenvalue weighted by Gasteiger charge is 2.34. The number of halogens is 1. The maximum atomic E-state index is 12.7. The summed E-state index contributed by atoms with van der Waals surface area (Å²) in [7, 11) is 0. The van der Waals surface area contributed by atoms with Crippen molar-refractivity contribution in [3.8, 4) is 0 Å². The summed E-state index contributed by atoms with van der Waals surface area (Å²) >= 11 is 6.20. The summed E-state index contributed by atoms with van der Waals surface area (Å²) in [6.07, 6.45) is 3.57. The molecule has 1 aliphatic carbocycles. The van der Waals surface area contributed by atoms with Crippen molar-refractivity contribution >= 4 is 23.5 Å². The molecule has 1 N–H and O–H groups in total. The average molecular weight is 322 g/mol. The SMILES string of the molecule is O=C(O)C1CCCC(C(=O)N2CCc3c(Cl)cccc3C2)C1. The van der Waals surface area contributed by atoms with Crippen LogP contribution in [0.1, 0.15) is 36.8 Å². The summed E-state index contributed by atoms with van der Waals surface area (Å²) in [6.45, 7) is 1.26. The molecular weight excluding hydrogens is 302 g/mol. The standard InChI is InChI=1S/C17H20ClNO3/c18-15-6-2-5-13-10-19(8-7-14(13)15)16(20)11-3-1-4-12(9-11)17(21)22/h2,5-6,11-12H,1,3-4,7-10H2,(H,21,22). The first-order chi connectivity index (χ1) is 10.6. The first kappa shape index (κ1) is 15.3. The first-order valence-corrected chi connectivity index (χ1v) is 8.22. The van der Waals surface area contributed by atoms with E-state index in [4.69, 9.17) is 16.7 Å². The second-order valence-corrected chi connectivity index (χ2v) is 6.69. The van der Waals surface area contributed by atoms with Gasteiger partial charge in [0.15, 0.2) is 0 Å². The van der Waals surface area contributed by atoms with Gasteiger partial charge < -0.3 is 10.0 Å².